The molecular weight excluding hydrogens is 433 g/mol. The Balaban J connectivity index is 1.31. The molecule has 184 valence electrons. The molecule has 4 heteroatoms. The zero-order valence-corrected chi connectivity index (χ0v) is 20.3. The Bertz CT molecular complexity index is 969. The zero-order valence-electron chi connectivity index (χ0n) is 20.3. The van der Waals surface area contributed by atoms with Gasteiger partial charge in [-0.25, -0.2) is 13.2 Å². The topological polar surface area (TPSA) is 9.23 Å². The minimum Gasteiger partial charge on any atom is -0.491 e. The first-order valence-electron chi connectivity index (χ1n) is 13.0. The highest BCUT2D eigenvalue weighted by molar-refractivity contribution is 5.32. The van der Waals surface area contributed by atoms with Crippen LogP contribution in [0.2, 0.25) is 0 Å². The van der Waals surface area contributed by atoms with E-state index in [9.17, 15) is 4.39 Å². The van der Waals surface area contributed by atoms with Gasteiger partial charge in [0.05, 0.1) is 6.61 Å². The van der Waals surface area contributed by atoms with Gasteiger partial charge in [0.15, 0.2) is 23.2 Å². The molecule has 4 rings (SSSR count). The zero-order chi connectivity index (χ0) is 24.1. The van der Waals surface area contributed by atoms with Crippen molar-refractivity contribution < 1.29 is 17.9 Å². The minimum absolute atomic E-state index is 0.0826. The van der Waals surface area contributed by atoms with Crippen LogP contribution in [0.1, 0.15) is 93.2 Å². The van der Waals surface area contributed by atoms with Crippen molar-refractivity contribution in [3.8, 4) is 5.75 Å². The van der Waals surface area contributed by atoms with Crippen LogP contribution in [0.25, 0.3) is 0 Å². The highest BCUT2D eigenvalue weighted by Gasteiger charge is 2.29. The Kier molecular flexibility index (Phi) is 8.39. The number of hydrogen-bond acceptors (Lipinski definition) is 1. The number of halogens is 3. The Morgan fingerprint density at radius 2 is 1.44 bits per heavy atom. The summed E-state index contributed by atoms with van der Waals surface area (Å²) >= 11 is 0. The molecule has 0 amide bonds. The number of aryl methyl sites for hydroxylation is 1. The van der Waals surface area contributed by atoms with E-state index in [0.29, 0.717) is 35.3 Å². The Labute approximate surface area is 202 Å². The Morgan fingerprint density at radius 1 is 0.853 bits per heavy atom. The second kappa shape index (κ2) is 11.5. The molecule has 1 nitrogen and oxygen atoms in total. The van der Waals surface area contributed by atoms with Crippen LogP contribution < -0.4 is 4.74 Å². The summed E-state index contributed by atoms with van der Waals surface area (Å²) in [7, 11) is 0. The molecule has 34 heavy (non-hydrogen) atoms. The summed E-state index contributed by atoms with van der Waals surface area (Å²) in [5.74, 6) is -0.0163. The molecule has 2 aromatic carbocycles. The number of hydrogen-bond donors (Lipinski definition) is 0. The van der Waals surface area contributed by atoms with Crippen molar-refractivity contribution in [3.05, 3.63) is 77.1 Å². The number of ether oxygens (including phenoxy) is 1. The molecule has 0 atom stereocenters. The lowest BCUT2D eigenvalue weighted by Gasteiger charge is -2.30. The molecule has 0 spiro atoms. The maximum absolute atomic E-state index is 15.1. The fourth-order valence-electron chi connectivity index (χ4n) is 5.98. The van der Waals surface area contributed by atoms with Gasteiger partial charge >= 0.3 is 0 Å². The summed E-state index contributed by atoms with van der Waals surface area (Å²) in [6.45, 7) is 6.16. The summed E-state index contributed by atoms with van der Waals surface area (Å²) < 4.78 is 49.5. The van der Waals surface area contributed by atoms with Crippen molar-refractivity contribution in [3.63, 3.8) is 0 Å². The minimum atomic E-state index is -0.628. The smallest absolute Gasteiger partial charge is 0.165 e. The van der Waals surface area contributed by atoms with Crippen LogP contribution in [0, 0.1) is 29.3 Å². The lowest BCUT2D eigenvalue weighted by Crippen LogP contribution is -2.17. The lowest BCUT2D eigenvalue weighted by molar-refractivity contribution is 0.303. The molecule has 0 bridgehead atoms. The lowest BCUT2D eigenvalue weighted by atomic mass is 9.75. The van der Waals surface area contributed by atoms with Gasteiger partial charge in [0.1, 0.15) is 0 Å². The molecule has 2 aliphatic carbocycles. The van der Waals surface area contributed by atoms with Gasteiger partial charge < -0.3 is 4.74 Å². The average Bonchev–Trinajstić information content (AvgIpc) is 2.86. The van der Waals surface area contributed by atoms with Crippen molar-refractivity contribution in [1.82, 2.24) is 0 Å². The van der Waals surface area contributed by atoms with E-state index < -0.39 is 11.6 Å². The SMILES string of the molecule is C=CC1CCC(c2ccc(C3CCC(CCc4ccc(OCC)c(F)c4)CC3)c(F)c2F)CC1. The second-order valence-corrected chi connectivity index (χ2v) is 10.2. The standard InChI is InChI=1S/C30H37F3O/c1-3-20-7-12-23(13-8-20)25-16-17-26(30(33)29(25)32)24-14-9-21(10-15-24)5-6-22-11-18-28(34-4-2)27(31)19-22/h3,11,16-21,23-24H,1,4-10,12-15H2,2H3. The first-order valence-corrected chi connectivity index (χ1v) is 13.0. The van der Waals surface area contributed by atoms with Crippen LogP contribution in [0.15, 0.2) is 43.0 Å². The fraction of sp³-hybridized carbons (Fsp3) is 0.533. The molecule has 0 aliphatic heterocycles. The van der Waals surface area contributed by atoms with Crippen LogP contribution in [-0.4, -0.2) is 6.61 Å². The maximum atomic E-state index is 15.1. The molecule has 0 unspecified atom stereocenters. The summed E-state index contributed by atoms with van der Waals surface area (Å²) in [5, 5.41) is 0. The van der Waals surface area contributed by atoms with Crippen LogP contribution >= 0.6 is 0 Å². The molecule has 0 heterocycles. The largest absolute Gasteiger partial charge is 0.491 e. The predicted molar refractivity (Wildman–Crippen MR) is 132 cm³/mol. The molecule has 2 saturated carbocycles. The number of rotatable bonds is 8. The monoisotopic (exact) mass is 470 g/mol. The number of allylic oxidation sites excluding steroid dienone is 1. The van der Waals surface area contributed by atoms with Crippen LogP contribution in [-0.2, 0) is 6.42 Å². The van der Waals surface area contributed by atoms with E-state index >= 15 is 8.78 Å². The number of benzene rings is 2. The average molecular weight is 471 g/mol. The summed E-state index contributed by atoms with van der Waals surface area (Å²) in [5.41, 5.74) is 2.09. The molecule has 2 fully saturated rings. The fourth-order valence-corrected chi connectivity index (χ4v) is 5.98. The third-order valence-electron chi connectivity index (χ3n) is 8.11. The van der Waals surface area contributed by atoms with Crippen LogP contribution in [0.5, 0.6) is 5.75 Å². The van der Waals surface area contributed by atoms with Crippen LogP contribution in [0.3, 0.4) is 0 Å². The Hall–Kier alpha value is -2.23. The predicted octanol–water partition coefficient (Wildman–Crippen LogP) is 8.87. The van der Waals surface area contributed by atoms with Gasteiger partial charge in [0.25, 0.3) is 0 Å². The van der Waals surface area contributed by atoms with Gasteiger partial charge in [-0.05, 0) is 124 Å². The van der Waals surface area contributed by atoms with Gasteiger partial charge in [-0.2, -0.15) is 0 Å². The molecule has 0 saturated heterocycles. The molecule has 2 aromatic rings. The third-order valence-corrected chi connectivity index (χ3v) is 8.11. The van der Waals surface area contributed by atoms with Gasteiger partial charge in [-0.15, -0.1) is 6.58 Å². The molecule has 0 radical (unpaired) electrons. The highest BCUT2D eigenvalue weighted by atomic mass is 19.2. The maximum Gasteiger partial charge on any atom is 0.165 e. The van der Waals surface area contributed by atoms with Crippen molar-refractivity contribution >= 4 is 0 Å². The van der Waals surface area contributed by atoms with E-state index in [1.54, 1.807) is 12.1 Å². The van der Waals surface area contributed by atoms with Gasteiger partial charge in [0.2, 0.25) is 0 Å². The molecular formula is C30H37F3O. The molecule has 2 aliphatic rings. The van der Waals surface area contributed by atoms with E-state index in [4.69, 9.17) is 4.74 Å². The first kappa shape index (κ1) is 24.9. The molecule has 0 N–H and O–H groups in total. The summed E-state index contributed by atoms with van der Waals surface area (Å²) in [6, 6.07) is 8.90. The van der Waals surface area contributed by atoms with Crippen molar-refractivity contribution in [2.75, 3.05) is 6.61 Å². The van der Waals surface area contributed by atoms with E-state index in [1.807, 2.05) is 31.2 Å². The van der Waals surface area contributed by atoms with E-state index in [-0.39, 0.29) is 17.7 Å². The summed E-state index contributed by atoms with van der Waals surface area (Å²) in [4.78, 5) is 0. The van der Waals surface area contributed by atoms with E-state index in [2.05, 4.69) is 6.58 Å². The second-order valence-electron chi connectivity index (χ2n) is 10.2. The van der Waals surface area contributed by atoms with Gasteiger partial charge in [-0.3, -0.25) is 0 Å². The quantitative estimate of drug-likeness (QED) is 0.350. The first-order chi connectivity index (χ1) is 16.5. The normalized spacial score (nSPS) is 25.2. The summed E-state index contributed by atoms with van der Waals surface area (Å²) in [6.07, 6.45) is 11.4. The van der Waals surface area contributed by atoms with E-state index in [0.717, 1.165) is 69.8 Å². The van der Waals surface area contributed by atoms with E-state index in [1.165, 1.54) is 0 Å². The van der Waals surface area contributed by atoms with Gasteiger partial charge in [0, 0.05) is 0 Å². The van der Waals surface area contributed by atoms with Crippen molar-refractivity contribution in [2.45, 2.75) is 83.0 Å². The van der Waals surface area contributed by atoms with Crippen molar-refractivity contribution in [1.29, 1.82) is 0 Å². The van der Waals surface area contributed by atoms with Gasteiger partial charge in [-0.1, -0.05) is 24.3 Å². The Morgan fingerprint density at radius 3 is 1.97 bits per heavy atom. The highest BCUT2D eigenvalue weighted by Crippen LogP contribution is 2.42. The van der Waals surface area contributed by atoms with Crippen LogP contribution in [0.4, 0.5) is 13.2 Å². The third kappa shape index (κ3) is 5.70. The molecule has 0 aromatic heterocycles. The van der Waals surface area contributed by atoms with Crippen molar-refractivity contribution in [2.24, 2.45) is 11.8 Å².